The molecule has 0 spiro atoms. The highest BCUT2D eigenvalue weighted by Crippen LogP contribution is 2.15. The van der Waals surface area contributed by atoms with E-state index in [1.165, 1.54) is 17.1 Å². The van der Waals surface area contributed by atoms with Crippen molar-refractivity contribution in [2.75, 3.05) is 63.4 Å². The molecule has 0 bridgehead atoms. The van der Waals surface area contributed by atoms with E-state index in [9.17, 15) is 0 Å². The van der Waals surface area contributed by atoms with Crippen LogP contribution < -0.4 is 85.4 Å². The SMILES string of the molecule is C[N+](C)(C)c1ccccc1.C[N+](C)(C)c1ccccc1.C[N+](C)(C)c1ccccc1.[I-].[I-].[I-]. The molecule has 0 aromatic heterocycles. The van der Waals surface area contributed by atoms with Gasteiger partial charge in [-0.25, -0.2) is 0 Å². The molecule has 6 heteroatoms. The zero-order valence-corrected chi connectivity index (χ0v) is 28.1. The number of rotatable bonds is 3. The molecule has 0 aliphatic rings. The maximum atomic E-state index is 2.16. The summed E-state index contributed by atoms with van der Waals surface area (Å²) in [6.07, 6.45) is 0. The van der Waals surface area contributed by atoms with Crippen LogP contribution in [0.25, 0.3) is 0 Å². The molecule has 0 N–H and O–H groups in total. The molecule has 0 aliphatic carbocycles. The van der Waals surface area contributed by atoms with Crippen molar-refractivity contribution in [1.82, 2.24) is 13.4 Å². The van der Waals surface area contributed by atoms with Crippen molar-refractivity contribution < 1.29 is 71.9 Å². The van der Waals surface area contributed by atoms with Gasteiger partial charge in [-0.15, -0.1) is 0 Å². The first kappa shape index (κ1) is 37.3. The Labute approximate surface area is 254 Å². The van der Waals surface area contributed by atoms with E-state index in [0.29, 0.717) is 0 Å². The van der Waals surface area contributed by atoms with Crippen molar-refractivity contribution in [3.05, 3.63) is 91.0 Å². The van der Waals surface area contributed by atoms with Gasteiger partial charge in [0.25, 0.3) is 0 Å². The van der Waals surface area contributed by atoms with Gasteiger partial charge in [0.05, 0.1) is 63.4 Å². The van der Waals surface area contributed by atoms with Crippen LogP contribution >= 0.6 is 0 Å². The van der Waals surface area contributed by atoms with E-state index < -0.39 is 0 Å². The third-order valence-electron chi connectivity index (χ3n) is 4.59. The zero-order valence-electron chi connectivity index (χ0n) is 21.6. The normalized spacial score (nSPS) is 10.5. The van der Waals surface area contributed by atoms with Gasteiger partial charge in [0, 0.05) is 0 Å². The van der Waals surface area contributed by atoms with Gasteiger partial charge in [0.2, 0.25) is 0 Å². The Morgan fingerprint density at radius 2 is 0.455 bits per heavy atom. The summed E-state index contributed by atoms with van der Waals surface area (Å²) in [7, 11) is 19.5. The molecule has 33 heavy (non-hydrogen) atoms. The summed E-state index contributed by atoms with van der Waals surface area (Å²) in [6, 6.07) is 31.4. The Morgan fingerprint density at radius 3 is 0.545 bits per heavy atom. The highest BCUT2D eigenvalue weighted by molar-refractivity contribution is 5.41. The summed E-state index contributed by atoms with van der Waals surface area (Å²) in [4.78, 5) is 0. The van der Waals surface area contributed by atoms with E-state index in [-0.39, 0.29) is 71.9 Å². The maximum absolute atomic E-state index is 2.16. The second-order valence-electron chi connectivity index (χ2n) is 10.0. The van der Waals surface area contributed by atoms with Gasteiger partial charge in [-0.2, -0.15) is 0 Å². The molecule has 0 unspecified atom stereocenters. The number of para-hydroxylation sites is 3. The minimum absolute atomic E-state index is 0. The van der Waals surface area contributed by atoms with Crippen LogP contribution in [0.15, 0.2) is 91.0 Å². The van der Waals surface area contributed by atoms with Gasteiger partial charge in [-0.1, -0.05) is 54.6 Å². The minimum Gasteiger partial charge on any atom is -1.00 e. The summed E-state index contributed by atoms with van der Waals surface area (Å²) < 4.78 is 2.67. The smallest absolute Gasteiger partial charge is 0.132 e. The van der Waals surface area contributed by atoms with E-state index in [2.05, 4.69) is 136 Å². The lowest BCUT2D eigenvalue weighted by molar-refractivity contribution is -0.00100. The van der Waals surface area contributed by atoms with Crippen molar-refractivity contribution in [1.29, 1.82) is 0 Å². The average molecular weight is 789 g/mol. The fraction of sp³-hybridized carbons (Fsp3) is 0.333. The monoisotopic (exact) mass is 789 g/mol. The van der Waals surface area contributed by atoms with E-state index in [0.717, 1.165) is 13.4 Å². The van der Waals surface area contributed by atoms with Crippen LogP contribution in [0.3, 0.4) is 0 Å². The van der Waals surface area contributed by atoms with Crippen LogP contribution in [0.4, 0.5) is 17.1 Å². The molecule has 186 valence electrons. The van der Waals surface area contributed by atoms with E-state index in [1.54, 1.807) is 0 Å². The van der Waals surface area contributed by atoms with Gasteiger partial charge < -0.3 is 71.9 Å². The molecule has 0 amide bonds. The van der Waals surface area contributed by atoms with Crippen molar-refractivity contribution in [3.8, 4) is 0 Å². The molecule has 3 nitrogen and oxygen atoms in total. The quantitative estimate of drug-likeness (QED) is 0.193. The number of quaternary nitrogens is 3. The fourth-order valence-electron chi connectivity index (χ4n) is 2.63. The summed E-state index contributed by atoms with van der Waals surface area (Å²) >= 11 is 0. The average Bonchev–Trinajstić information content (AvgIpc) is 2.69. The van der Waals surface area contributed by atoms with Gasteiger partial charge in [0.1, 0.15) is 17.1 Å². The minimum atomic E-state index is 0. The van der Waals surface area contributed by atoms with Crippen LogP contribution in [-0.2, 0) is 0 Å². The lowest BCUT2D eigenvalue weighted by Gasteiger charge is -2.22. The third kappa shape index (κ3) is 16.1. The number of nitrogens with zero attached hydrogens (tertiary/aromatic N) is 3. The van der Waals surface area contributed by atoms with E-state index >= 15 is 0 Å². The molecule has 0 saturated carbocycles. The van der Waals surface area contributed by atoms with E-state index in [1.807, 2.05) is 18.2 Å². The molecule has 3 aromatic carbocycles. The highest BCUT2D eigenvalue weighted by Gasteiger charge is 2.10. The topological polar surface area (TPSA) is 0 Å². The first-order valence-corrected chi connectivity index (χ1v) is 10.4. The van der Waals surface area contributed by atoms with Gasteiger partial charge in [0.15, 0.2) is 0 Å². The summed E-state index contributed by atoms with van der Waals surface area (Å²) in [5.41, 5.74) is 4.01. The Morgan fingerprint density at radius 1 is 0.303 bits per heavy atom. The molecule has 3 aromatic rings. The Hall–Kier alpha value is -0.270. The van der Waals surface area contributed by atoms with Gasteiger partial charge >= 0.3 is 0 Å². The molecule has 0 saturated heterocycles. The van der Waals surface area contributed by atoms with Crippen LogP contribution in [0.2, 0.25) is 0 Å². The zero-order chi connectivity index (χ0) is 22.8. The van der Waals surface area contributed by atoms with Crippen molar-refractivity contribution in [2.24, 2.45) is 0 Å². The predicted molar refractivity (Wildman–Crippen MR) is 138 cm³/mol. The molecular weight excluding hydrogens is 747 g/mol. The Balaban J connectivity index is -0.000000391. The Kier molecular flexibility index (Phi) is 19.4. The molecule has 0 atom stereocenters. The third-order valence-corrected chi connectivity index (χ3v) is 4.59. The maximum Gasteiger partial charge on any atom is 0.132 e. The van der Waals surface area contributed by atoms with Crippen molar-refractivity contribution in [3.63, 3.8) is 0 Å². The first-order valence-electron chi connectivity index (χ1n) is 10.4. The molecule has 0 heterocycles. The number of benzene rings is 3. The second kappa shape index (κ2) is 17.2. The molecule has 0 fully saturated rings. The second-order valence-corrected chi connectivity index (χ2v) is 10.0. The molecular formula is C27H42I3N3. The van der Waals surface area contributed by atoms with Gasteiger partial charge in [-0.05, 0) is 36.4 Å². The largest absolute Gasteiger partial charge is 1.00 e. The van der Waals surface area contributed by atoms with Crippen LogP contribution in [-0.4, -0.2) is 63.4 Å². The van der Waals surface area contributed by atoms with Crippen LogP contribution in [0, 0.1) is 0 Å². The fourth-order valence-corrected chi connectivity index (χ4v) is 2.63. The van der Waals surface area contributed by atoms with Crippen molar-refractivity contribution >= 4 is 17.1 Å². The summed E-state index contributed by atoms with van der Waals surface area (Å²) in [6.45, 7) is 0. The number of hydrogen-bond acceptors (Lipinski definition) is 0. The first-order chi connectivity index (χ1) is 13.8. The predicted octanol–water partition coefficient (Wildman–Crippen LogP) is -3.34. The number of halogens is 3. The van der Waals surface area contributed by atoms with E-state index in [4.69, 9.17) is 0 Å². The lowest BCUT2D eigenvalue weighted by atomic mass is 10.3. The summed E-state index contributed by atoms with van der Waals surface area (Å²) in [5.74, 6) is 0. The van der Waals surface area contributed by atoms with Crippen LogP contribution in [0.1, 0.15) is 0 Å². The molecule has 3 rings (SSSR count). The lowest BCUT2D eigenvalue weighted by Crippen LogP contribution is -3.00. The number of hydrogen-bond donors (Lipinski definition) is 0. The Bertz CT molecular complexity index is 719. The van der Waals surface area contributed by atoms with Crippen molar-refractivity contribution in [2.45, 2.75) is 0 Å². The summed E-state index contributed by atoms with van der Waals surface area (Å²) in [5, 5.41) is 0. The standard InChI is InChI=1S/3C9H14N.3HI/c3*1-10(2,3)9-7-5-4-6-8-9;;;/h3*4-8H,1-3H3;3*1H/q3*+1;;;/p-3. The van der Waals surface area contributed by atoms with Crippen LogP contribution in [0.5, 0.6) is 0 Å². The molecule has 0 radical (unpaired) electrons. The van der Waals surface area contributed by atoms with Gasteiger partial charge in [-0.3, -0.25) is 13.4 Å². The highest BCUT2D eigenvalue weighted by atomic mass is 127. The molecule has 0 aliphatic heterocycles.